The van der Waals surface area contributed by atoms with Crippen LogP contribution in [0.5, 0.6) is 0 Å². The van der Waals surface area contributed by atoms with Crippen molar-refractivity contribution in [1.82, 2.24) is 14.5 Å². The predicted octanol–water partition coefficient (Wildman–Crippen LogP) is 11.6. The molecular weight excluding hydrogens is 587 g/mol. The number of rotatable bonds is 4. The number of nitrogens with zero attached hydrogens (tertiary/aromatic N) is 3. The van der Waals surface area contributed by atoms with E-state index in [2.05, 4.69) is 143 Å². The largest absolute Gasteiger partial charge is 0.436 e. The average Bonchev–Trinajstić information content (AvgIpc) is 3.74. The first-order valence-electron chi connectivity index (χ1n) is 16.2. The van der Waals surface area contributed by atoms with Crippen molar-refractivity contribution in [3.63, 3.8) is 0 Å². The summed E-state index contributed by atoms with van der Waals surface area (Å²) >= 11 is 0. The number of fused-ring (bicyclic) bond motifs is 7. The molecule has 10 rings (SSSR count). The summed E-state index contributed by atoms with van der Waals surface area (Å²) in [4.78, 5) is 9.99. The second-order valence-corrected chi connectivity index (χ2v) is 12.2. The number of oxazole rings is 1. The fourth-order valence-electron chi connectivity index (χ4n) is 7.36. The molecule has 0 unspecified atom stereocenters. The molecule has 3 aromatic heterocycles. The molecule has 3 heterocycles. The molecule has 0 amide bonds. The minimum absolute atomic E-state index is 0.582. The molecule has 0 saturated carbocycles. The van der Waals surface area contributed by atoms with E-state index < -0.39 is 0 Å². The normalized spacial score (nSPS) is 11.8. The highest BCUT2D eigenvalue weighted by molar-refractivity contribution is 6.12. The third-order valence-electron chi connectivity index (χ3n) is 9.49. The summed E-state index contributed by atoms with van der Waals surface area (Å²) in [5, 5.41) is 6.96. The van der Waals surface area contributed by atoms with Gasteiger partial charge < -0.3 is 8.98 Å². The van der Waals surface area contributed by atoms with Crippen LogP contribution in [-0.2, 0) is 0 Å². The number of aromatic nitrogens is 3. The Morgan fingerprint density at radius 3 is 1.96 bits per heavy atom. The maximum atomic E-state index is 6.73. The van der Waals surface area contributed by atoms with Gasteiger partial charge in [0, 0.05) is 39.2 Å². The van der Waals surface area contributed by atoms with Gasteiger partial charge in [0.05, 0.1) is 16.7 Å². The third kappa shape index (κ3) is 4.03. The highest BCUT2D eigenvalue weighted by Crippen LogP contribution is 2.42. The number of hydrogen-bond acceptors (Lipinski definition) is 3. The van der Waals surface area contributed by atoms with Crippen LogP contribution in [0.1, 0.15) is 0 Å². The van der Waals surface area contributed by atoms with Crippen LogP contribution in [0.25, 0.3) is 94.0 Å². The average molecular weight is 614 g/mol. The van der Waals surface area contributed by atoms with Gasteiger partial charge in [-0.3, -0.25) is 4.98 Å². The molecule has 0 N–H and O–H groups in total. The summed E-state index contributed by atoms with van der Waals surface area (Å²) in [6.07, 6.45) is 1.83. The van der Waals surface area contributed by atoms with Gasteiger partial charge in [-0.05, 0) is 69.8 Å². The molecule has 224 valence electrons. The van der Waals surface area contributed by atoms with E-state index in [0.29, 0.717) is 5.89 Å². The van der Waals surface area contributed by atoms with E-state index in [1.165, 1.54) is 21.5 Å². The van der Waals surface area contributed by atoms with Crippen molar-refractivity contribution in [2.75, 3.05) is 0 Å². The Hall–Kier alpha value is -6.52. The molecule has 4 heteroatoms. The Morgan fingerprint density at radius 2 is 1.17 bits per heavy atom. The molecule has 0 bridgehead atoms. The van der Waals surface area contributed by atoms with Crippen molar-refractivity contribution >= 4 is 54.5 Å². The molecule has 0 saturated heterocycles. The van der Waals surface area contributed by atoms with E-state index in [4.69, 9.17) is 9.40 Å². The van der Waals surface area contributed by atoms with Crippen LogP contribution in [-0.4, -0.2) is 14.5 Å². The number of hydrogen-bond donors (Lipinski definition) is 0. The molecule has 0 fully saturated rings. The van der Waals surface area contributed by atoms with Crippen LogP contribution >= 0.6 is 0 Å². The molecule has 0 atom stereocenters. The van der Waals surface area contributed by atoms with E-state index in [1.807, 2.05) is 30.5 Å². The standard InChI is InChI=1S/C44H27N3O/c1-2-14-31-28(11-1)12-9-17-32(31)33-24-23-30(47-39-20-5-3-15-34(39)35-16-4-6-21-40(35)47)27-37(33)44-46-43-41(48-44)25-22-29-13-10-18-36(42(29)43)38-19-7-8-26-45-38/h1-27H. The van der Waals surface area contributed by atoms with E-state index in [9.17, 15) is 0 Å². The van der Waals surface area contributed by atoms with Crippen molar-refractivity contribution in [2.45, 2.75) is 0 Å². The molecule has 48 heavy (non-hydrogen) atoms. The summed E-state index contributed by atoms with van der Waals surface area (Å²) in [6, 6.07) is 55.4. The first-order chi connectivity index (χ1) is 23.8. The van der Waals surface area contributed by atoms with Gasteiger partial charge in [0.1, 0.15) is 5.52 Å². The van der Waals surface area contributed by atoms with E-state index in [-0.39, 0.29) is 0 Å². The summed E-state index contributed by atoms with van der Waals surface area (Å²) < 4.78 is 9.08. The first-order valence-corrected chi connectivity index (χ1v) is 16.2. The molecule has 0 aliphatic carbocycles. The Balaban J connectivity index is 1.28. The van der Waals surface area contributed by atoms with Crippen LogP contribution in [0.2, 0.25) is 0 Å². The zero-order chi connectivity index (χ0) is 31.6. The van der Waals surface area contributed by atoms with E-state index in [0.717, 1.165) is 66.5 Å². The fraction of sp³-hybridized carbons (Fsp3) is 0. The van der Waals surface area contributed by atoms with Crippen LogP contribution in [0, 0.1) is 0 Å². The smallest absolute Gasteiger partial charge is 0.228 e. The van der Waals surface area contributed by atoms with Gasteiger partial charge in [0.2, 0.25) is 5.89 Å². The second-order valence-electron chi connectivity index (χ2n) is 12.2. The summed E-state index contributed by atoms with van der Waals surface area (Å²) in [7, 11) is 0. The molecule has 10 aromatic rings. The third-order valence-corrected chi connectivity index (χ3v) is 9.49. The highest BCUT2D eigenvalue weighted by Gasteiger charge is 2.21. The van der Waals surface area contributed by atoms with Crippen molar-refractivity contribution < 1.29 is 4.42 Å². The van der Waals surface area contributed by atoms with E-state index in [1.54, 1.807) is 0 Å². The maximum Gasteiger partial charge on any atom is 0.228 e. The lowest BCUT2D eigenvalue weighted by molar-refractivity contribution is 0.620. The lowest BCUT2D eigenvalue weighted by Crippen LogP contribution is -1.96. The number of para-hydroxylation sites is 2. The summed E-state index contributed by atoms with van der Waals surface area (Å²) in [5.74, 6) is 0.582. The van der Waals surface area contributed by atoms with Crippen LogP contribution < -0.4 is 0 Å². The molecule has 7 aromatic carbocycles. The number of benzene rings is 7. The van der Waals surface area contributed by atoms with Gasteiger partial charge in [-0.1, -0.05) is 115 Å². The molecule has 0 aliphatic heterocycles. The molecule has 0 spiro atoms. The topological polar surface area (TPSA) is 43.9 Å². The first kappa shape index (κ1) is 26.7. The minimum Gasteiger partial charge on any atom is -0.436 e. The Morgan fingerprint density at radius 1 is 0.479 bits per heavy atom. The van der Waals surface area contributed by atoms with Gasteiger partial charge in [0.25, 0.3) is 0 Å². The van der Waals surface area contributed by atoms with Crippen LogP contribution in [0.4, 0.5) is 0 Å². The van der Waals surface area contributed by atoms with Gasteiger partial charge in [0.15, 0.2) is 5.58 Å². The predicted molar refractivity (Wildman–Crippen MR) is 197 cm³/mol. The van der Waals surface area contributed by atoms with Gasteiger partial charge in [-0.15, -0.1) is 0 Å². The zero-order valence-corrected chi connectivity index (χ0v) is 25.8. The van der Waals surface area contributed by atoms with Crippen molar-refractivity contribution in [1.29, 1.82) is 0 Å². The van der Waals surface area contributed by atoms with Gasteiger partial charge in [-0.25, -0.2) is 4.98 Å². The molecule has 4 nitrogen and oxygen atoms in total. The summed E-state index contributed by atoms with van der Waals surface area (Å²) in [6.45, 7) is 0. The summed E-state index contributed by atoms with van der Waals surface area (Å²) in [5.41, 5.74) is 10.0. The van der Waals surface area contributed by atoms with Crippen LogP contribution in [0.3, 0.4) is 0 Å². The van der Waals surface area contributed by atoms with Crippen molar-refractivity contribution in [3.05, 3.63) is 164 Å². The Kier molecular flexibility index (Phi) is 5.84. The highest BCUT2D eigenvalue weighted by atomic mass is 16.3. The molecule has 0 aliphatic rings. The van der Waals surface area contributed by atoms with Crippen molar-refractivity contribution in [2.24, 2.45) is 0 Å². The lowest BCUT2D eigenvalue weighted by Gasteiger charge is -2.14. The van der Waals surface area contributed by atoms with Gasteiger partial charge in [-0.2, -0.15) is 0 Å². The quantitative estimate of drug-likeness (QED) is 0.198. The van der Waals surface area contributed by atoms with Gasteiger partial charge >= 0.3 is 0 Å². The lowest BCUT2D eigenvalue weighted by atomic mass is 9.94. The Labute approximate surface area is 276 Å². The maximum absolute atomic E-state index is 6.73. The van der Waals surface area contributed by atoms with Crippen LogP contribution in [0.15, 0.2) is 168 Å². The van der Waals surface area contributed by atoms with Crippen molar-refractivity contribution in [3.8, 4) is 39.5 Å². The SMILES string of the molecule is c1ccc(-c2cccc3ccc4oc(-c5cc(-n6c7ccccc7c7ccccc76)ccc5-c5cccc6ccccc56)nc4c23)nc1. The van der Waals surface area contributed by atoms with E-state index >= 15 is 0 Å². The fourth-order valence-corrected chi connectivity index (χ4v) is 7.36. The zero-order valence-electron chi connectivity index (χ0n) is 25.8. The molecular formula is C44H27N3O. The molecule has 0 radical (unpaired) electrons. The monoisotopic (exact) mass is 613 g/mol. The minimum atomic E-state index is 0.582. The second kappa shape index (κ2) is 10.5. The number of pyridine rings is 1. The Bertz CT molecular complexity index is 2790.